The third kappa shape index (κ3) is 3.53. The number of nitrogens with zero attached hydrogens (tertiary/aromatic N) is 2. The predicted molar refractivity (Wildman–Crippen MR) is 79.5 cm³/mol. The van der Waals surface area contributed by atoms with E-state index in [1.54, 1.807) is 18.3 Å². The Morgan fingerprint density at radius 3 is 2.81 bits per heavy atom. The van der Waals surface area contributed by atoms with Crippen molar-refractivity contribution in [2.75, 3.05) is 17.2 Å². The molecule has 0 unspecified atom stereocenters. The molecule has 21 heavy (non-hydrogen) atoms. The lowest BCUT2D eigenvalue weighted by atomic mass is 10.1. The third-order valence-corrected chi connectivity index (χ3v) is 2.74. The van der Waals surface area contributed by atoms with Crippen molar-refractivity contribution in [1.82, 2.24) is 4.98 Å². The van der Waals surface area contributed by atoms with Crippen molar-refractivity contribution in [1.29, 1.82) is 0 Å². The lowest BCUT2D eigenvalue weighted by Crippen LogP contribution is -2.13. The van der Waals surface area contributed by atoms with Crippen LogP contribution in [0, 0.1) is 10.1 Å². The summed E-state index contributed by atoms with van der Waals surface area (Å²) in [5.41, 5.74) is 1.15. The molecule has 0 aliphatic carbocycles. The van der Waals surface area contributed by atoms with Gasteiger partial charge in [-0.1, -0.05) is 0 Å². The summed E-state index contributed by atoms with van der Waals surface area (Å²) in [7, 11) is 0. The number of pyridine rings is 1. The second kappa shape index (κ2) is 6.47. The van der Waals surface area contributed by atoms with Gasteiger partial charge in [-0.3, -0.25) is 19.9 Å². The molecule has 1 aromatic heterocycles. The van der Waals surface area contributed by atoms with Crippen molar-refractivity contribution < 1.29 is 9.72 Å². The maximum absolute atomic E-state index is 12.1. The van der Waals surface area contributed by atoms with Gasteiger partial charge in [0.2, 0.25) is 0 Å². The fraction of sp³-hybridized carbons (Fsp3) is 0.143. The number of amides is 1. The first-order valence-electron chi connectivity index (χ1n) is 6.35. The first kappa shape index (κ1) is 14.4. The van der Waals surface area contributed by atoms with Gasteiger partial charge in [0.05, 0.1) is 16.8 Å². The monoisotopic (exact) mass is 286 g/mol. The van der Waals surface area contributed by atoms with E-state index in [0.29, 0.717) is 23.5 Å². The van der Waals surface area contributed by atoms with E-state index in [1.165, 1.54) is 24.4 Å². The average molecular weight is 286 g/mol. The predicted octanol–water partition coefficient (Wildman–Crippen LogP) is 2.67. The van der Waals surface area contributed by atoms with E-state index in [2.05, 4.69) is 15.6 Å². The van der Waals surface area contributed by atoms with Crippen molar-refractivity contribution in [2.24, 2.45) is 0 Å². The molecule has 1 aromatic carbocycles. The van der Waals surface area contributed by atoms with Crippen molar-refractivity contribution in [3.8, 4) is 0 Å². The summed E-state index contributed by atoms with van der Waals surface area (Å²) in [6.45, 7) is 2.35. The van der Waals surface area contributed by atoms with Crippen LogP contribution in [0.4, 0.5) is 17.1 Å². The Hall–Kier alpha value is -2.96. The van der Waals surface area contributed by atoms with E-state index in [9.17, 15) is 14.9 Å². The summed E-state index contributed by atoms with van der Waals surface area (Å²) >= 11 is 0. The van der Waals surface area contributed by atoms with Gasteiger partial charge in [-0.25, -0.2) is 0 Å². The number of hydrogen-bond acceptors (Lipinski definition) is 5. The molecule has 0 saturated carbocycles. The van der Waals surface area contributed by atoms with Crippen molar-refractivity contribution in [2.45, 2.75) is 6.92 Å². The van der Waals surface area contributed by atoms with Crippen LogP contribution in [-0.2, 0) is 0 Å². The molecule has 108 valence electrons. The zero-order valence-electron chi connectivity index (χ0n) is 11.4. The zero-order chi connectivity index (χ0) is 15.2. The summed E-state index contributed by atoms with van der Waals surface area (Å²) in [5, 5.41) is 16.5. The standard InChI is InChI=1S/C14H14N4O3/c1-2-16-12-8-10(5-6-13(12)18(20)21)14(19)17-11-4-3-7-15-9-11/h3-9,16H,2H2,1H3,(H,17,19). The van der Waals surface area contributed by atoms with Crippen molar-refractivity contribution in [3.63, 3.8) is 0 Å². The highest BCUT2D eigenvalue weighted by atomic mass is 16.6. The number of nitro groups is 1. The van der Waals surface area contributed by atoms with Crippen LogP contribution in [-0.4, -0.2) is 22.4 Å². The SMILES string of the molecule is CCNc1cc(C(=O)Nc2cccnc2)ccc1[N+](=O)[O-]. The second-order valence-electron chi connectivity index (χ2n) is 4.22. The number of carbonyl (C=O) groups is 1. The Bertz CT molecular complexity index is 659. The molecular weight excluding hydrogens is 272 g/mol. The molecule has 0 spiro atoms. The van der Waals surface area contributed by atoms with E-state index in [1.807, 2.05) is 6.92 Å². The van der Waals surface area contributed by atoms with Crippen LogP contribution < -0.4 is 10.6 Å². The number of aromatic nitrogens is 1. The molecule has 0 bridgehead atoms. The third-order valence-electron chi connectivity index (χ3n) is 2.74. The van der Waals surface area contributed by atoms with Gasteiger partial charge in [0.15, 0.2) is 0 Å². The topological polar surface area (TPSA) is 97.2 Å². The molecule has 0 aliphatic heterocycles. The fourth-order valence-corrected chi connectivity index (χ4v) is 1.81. The minimum Gasteiger partial charge on any atom is -0.380 e. The van der Waals surface area contributed by atoms with Gasteiger partial charge in [0.1, 0.15) is 5.69 Å². The molecular formula is C14H14N4O3. The van der Waals surface area contributed by atoms with Crippen LogP contribution in [0.5, 0.6) is 0 Å². The molecule has 7 heteroatoms. The summed E-state index contributed by atoms with van der Waals surface area (Å²) < 4.78 is 0. The largest absolute Gasteiger partial charge is 0.380 e. The van der Waals surface area contributed by atoms with Gasteiger partial charge in [-0.05, 0) is 31.2 Å². The fourth-order valence-electron chi connectivity index (χ4n) is 1.81. The number of benzene rings is 1. The molecule has 2 N–H and O–H groups in total. The number of anilines is 2. The summed E-state index contributed by atoms with van der Waals surface area (Å²) in [6, 6.07) is 7.62. The van der Waals surface area contributed by atoms with Crippen LogP contribution in [0.1, 0.15) is 17.3 Å². The molecule has 2 rings (SSSR count). The van der Waals surface area contributed by atoms with Crippen LogP contribution in [0.25, 0.3) is 0 Å². The average Bonchev–Trinajstić information content (AvgIpc) is 2.48. The number of carbonyl (C=O) groups excluding carboxylic acids is 1. The number of hydrogen-bond donors (Lipinski definition) is 2. The lowest BCUT2D eigenvalue weighted by Gasteiger charge is -2.08. The van der Waals surface area contributed by atoms with Gasteiger partial charge in [0.25, 0.3) is 11.6 Å². The molecule has 1 amide bonds. The van der Waals surface area contributed by atoms with E-state index < -0.39 is 4.92 Å². The van der Waals surface area contributed by atoms with Gasteiger partial charge < -0.3 is 10.6 Å². The molecule has 0 aliphatic rings. The highest BCUT2D eigenvalue weighted by Gasteiger charge is 2.16. The first-order valence-corrected chi connectivity index (χ1v) is 6.35. The molecule has 0 fully saturated rings. The minimum atomic E-state index is -0.485. The molecule has 0 radical (unpaired) electrons. The minimum absolute atomic E-state index is 0.0604. The van der Waals surface area contributed by atoms with E-state index in [-0.39, 0.29) is 11.6 Å². The summed E-state index contributed by atoms with van der Waals surface area (Å²) in [5.74, 6) is -0.350. The van der Waals surface area contributed by atoms with Crippen LogP contribution >= 0.6 is 0 Å². The van der Waals surface area contributed by atoms with E-state index in [0.717, 1.165) is 0 Å². The number of rotatable bonds is 5. The summed E-state index contributed by atoms with van der Waals surface area (Å²) in [6.07, 6.45) is 3.12. The maximum Gasteiger partial charge on any atom is 0.292 e. The Kier molecular flexibility index (Phi) is 4.45. The number of nitro benzene ring substituents is 1. The Morgan fingerprint density at radius 1 is 1.38 bits per heavy atom. The van der Waals surface area contributed by atoms with Crippen LogP contribution in [0.2, 0.25) is 0 Å². The Labute approximate surface area is 121 Å². The normalized spacial score (nSPS) is 9.95. The smallest absolute Gasteiger partial charge is 0.292 e. The Morgan fingerprint density at radius 2 is 2.19 bits per heavy atom. The maximum atomic E-state index is 12.1. The van der Waals surface area contributed by atoms with Gasteiger partial charge in [-0.2, -0.15) is 0 Å². The summed E-state index contributed by atoms with van der Waals surface area (Å²) in [4.78, 5) is 26.5. The quantitative estimate of drug-likeness (QED) is 0.650. The lowest BCUT2D eigenvalue weighted by molar-refractivity contribution is -0.384. The highest BCUT2D eigenvalue weighted by Crippen LogP contribution is 2.25. The van der Waals surface area contributed by atoms with E-state index in [4.69, 9.17) is 0 Å². The van der Waals surface area contributed by atoms with E-state index >= 15 is 0 Å². The molecule has 1 heterocycles. The van der Waals surface area contributed by atoms with Gasteiger partial charge in [0, 0.05) is 24.4 Å². The zero-order valence-corrected chi connectivity index (χ0v) is 11.4. The number of nitrogens with one attached hydrogen (secondary N) is 2. The molecule has 0 atom stereocenters. The van der Waals surface area contributed by atoms with Crippen LogP contribution in [0.3, 0.4) is 0 Å². The van der Waals surface area contributed by atoms with Crippen molar-refractivity contribution >= 4 is 23.0 Å². The van der Waals surface area contributed by atoms with Crippen molar-refractivity contribution in [3.05, 3.63) is 58.4 Å². The van der Waals surface area contributed by atoms with Gasteiger partial charge in [-0.15, -0.1) is 0 Å². The van der Waals surface area contributed by atoms with Gasteiger partial charge >= 0.3 is 0 Å². The Balaban J connectivity index is 2.25. The second-order valence-corrected chi connectivity index (χ2v) is 4.22. The molecule has 2 aromatic rings. The molecule has 7 nitrogen and oxygen atoms in total. The first-order chi connectivity index (χ1) is 10.1. The van der Waals surface area contributed by atoms with Crippen LogP contribution in [0.15, 0.2) is 42.7 Å². The highest BCUT2D eigenvalue weighted by molar-refractivity contribution is 6.05. The molecule has 0 saturated heterocycles.